The van der Waals surface area contributed by atoms with Gasteiger partial charge in [-0.05, 0) is 31.6 Å². The van der Waals surface area contributed by atoms with Crippen LogP contribution >= 0.6 is 0 Å². The van der Waals surface area contributed by atoms with Gasteiger partial charge in [0.05, 0.1) is 6.10 Å². The van der Waals surface area contributed by atoms with Crippen molar-refractivity contribution in [3.05, 3.63) is 23.8 Å². The molecule has 0 bridgehead atoms. The fraction of sp³-hybridized carbons (Fsp3) is 0.636. The van der Waals surface area contributed by atoms with Crippen molar-refractivity contribution >= 4 is 0 Å². The van der Waals surface area contributed by atoms with Gasteiger partial charge in [-0.1, -0.05) is 30.2 Å². The molecule has 1 N–H and O–H groups in total. The van der Waals surface area contributed by atoms with E-state index in [0.717, 1.165) is 19.3 Å². The van der Waals surface area contributed by atoms with E-state index >= 15 is 0 Å². The molecule has 0 saturated heterocycles. The molecule has 0 aromatic rings. The third-order valence-electron chi connectivity index (χ3n) is 2.99. The van der Waals surface area contributed by atoms with Crippen LogP contribution in [-0.2, 0) is 0 Å². The van der Waals surface area contributed by atoms with Crippen molar-refractivity contribution in [2.75, 3.05) is 0 Å². The Kier molecular flexibility index (Phi) is 2.31. The van der Waals surface area contributed by atoms with Crippen molar-refractivity contribution in [2.24, 2.45) is 5.92 Å². The van der Waals surface area contributed by atoms with Crippen LogP contribution in [0.15, 0.2) is 23.8 Å². The van der Waals surface area contributed by atoms with E-state index in [4.69, 9.17) is 0 Å². The molecule has 2 aliphatic rings. The van der Waals surface area contributed by atoms with E-state index in [1.54, 1.807) is 0 Å². The number of aliphatic hydroxyl groups is 1. The zero-order chi connectivity index (χ0) is 8.39. The standard InChI is InChI=1S/C11H16O/c12-11-7-3-6-10(11)8-9-4-1-2-5-9/h1-2,4,10-12H,3,5-8H2. The Morgan fingerprint density at radius 2 is 2.33 bits per heavy atom. The van der Waals surface area contributed by atoms with Crippen LogP contribution in [0.25, 0.3) is 0 Å². The van der Waals surface area contributed by atoms with E-state index in [1.165, 1.54) is 18.4 Å². The fourth-order valence-electron chi connectivity index (χ4n) is 2.24. The minimum atomic E-state index is -0.0218. The van der Waals surface area contributed by atoms with Crippen LogP contribution < -0.4 is 0 Å². The van der Waals surface area contributed by atoms with Crippen molar-refractivity contribution in [3.63, 3.8) is 0 Å². The Morgan fingerprint density at radius 1 is 1.42 bits per heavy atom. The highest BCUT2D eigenvalue weighted by Crippen LogP contribution is 2.32. The number of hydrogen-bond acceptors (Lipinski definition) is 1. The average molecular weight is 164 g/mol. The van der Waals surface area contributed by atoms with E-state index in [9.17, 15) is 5.11 Å². The summed E-state index contributed by atoms with van der Waals surface area (Å²) in [4.78, 5) is 0. The van der Waals surface area contributed by atoms with Crippen LogP contribution in [0, 0.1) is 5.92 Å². The summed E-state index contributed by atoms with van der Waals surface area (Å²) in [6.45, 7) is 0. The molecule has 2 unspecified atom stereocenters. The first-order valence-corrected chi connectivity index (χ1v) is 4.89. The molecule has 66 valence electrons. The van der Waals surface area contributed by atoms with Gasteiger partial charge in [0.2, 0.25) is 0 Å². The highest BCUT2D eigenvalue weighted by molar-refractivity contribution is 5.23. The molecule has 2 rings (SSSR count). The fourth-order valence-corrected chi connectivity index (χ4v) is 2.24. The smallest absolute Gasteiger partial charge is 0.0571 e. The summed E-state index contributed by atoms with van der Waals surface area (Å²) in [5.41, 5.74) is 1.50. The van der Waals surface area contributed by atoms with E-state index in [1.807, 2.05) is 0 Å². The van der Waals surface area contributed by atoms with Gasteiger partial charge < -0.3 is 5.11 Å². The molecule has 0 heterocycles. The third kappa shape index (κ3) is 1.61. The zero-order valence-corrected chi connectivity index (χ0v) is 7.37. The van der Waals surface area contributed by atoms with E-state index < -0.39 is 0 Å². The number of hydrogen-bond donors (Lipinski definition) is 1. The quantitative estimate of drug-likeness (QED) is 0.664. The zero-order valence-electron chi connectivity index (χ0n) is 7.37. The first kappa shape index (κ1) is 8.06. The molecule has 2 aliphatic carbocycles. The maximum atomic E-state index is 9.60. The Labute approximate surface area is 73.8 Å². The molecule has 1 heteroatoms. The number of rotatable bonds is 2. The molecule has 0 amide bonds. The normalized spacial score (nSPS) is 34.2. The second-order valence-electron chi connectivity index (χ2n) is 3.92. The van der Waals surface area contributed by atoms with E-state index in [-0.39, 0.29) is 6.10 Å². The van der Waals surface area contributed by atoms with Crippen molar-refractivity contribution in [2.45, 2.75) is 38.2 Å². The Hall–Kier alpha value is -0.560. The lowest BCUT2D eigenvalue weighted by atomic mass is 9.96. The molecule has 1 saturated carbocycles. The van der Waals surface area contributed by atoms with Gasteiger partial charge in [-0.25, -0.2) is 0 Å². The van der Waals surface area contributed by atoms with Crippen LogP contribution in [-0.4, -0.2) is 11.2 Å². The minimum absolute atomic E-state index is 0.0218. The van der Waals surface area contributed by atoms with Crippen LogP contribution in [0.4, 0.5) is 0 Å². The van der Waals surface area contributed by atoms with Gasteiger partial charge in [0.15, 0.2) is 0 Å². The third-order valence-corrected chi connectivity index (χ3v) is 2.99. The molecule has 2 atom stereocenters. The minimum Gasteiger partial charge on any atom is -0.393 e. The summed E-state index contributed by atoms with van der Waals surface area (Å²) < 4.78 is 0. The van der Waals surface area contributed by atoms with E-state index in [2.05, 4.69) is 18.2 Å². The molecular formula is C11H16O. The molecule has 12 heavy (non-hydrogen) atoms. The van der Waals surface area contributed by atoms with Crippen molar-refractivity contribution in [3.8, 4) is 0 Å². The molecule has 1 nitrogen and oxygen atoms in total. The molecule has 0 radical (unpaired) electrons. The van der Waals surface area contributed by atoms with Crippen molar-refractivity contribution in [1.29, 1.82) is 0 Å². The van der Waals surface area contributed by atoms with Gasteiger partial charge in [0, 0.05) is 0 Å². The van der Waals surface area contributed by atoms with Gasteiger partial charge in [-0.2, -0.15) is 0 Å². The largest absolute Gasteiger partial charge is 0.393 e. The molecule has 0 aliphatic heterocycles. The van der Waals surface area contributed by atoms with Crippen LogP contribution in [0.2, 0.25) is 0 Å². The summed E-state index contributed by atoms with van der Waals surface area (Å²) in [6, 6.07) is 0. The first-order valence-electron chi connectivity index (χ1n) is 4.89. The maximum absolute atomic E-state index is 9.60. The highest BCUT2D eigenvalue weighted by Gasteiger charge is 2.25. The number of allylic oxidation sites excluding steroid dienone is 4. The second kappa shape index (κ2) is 3.44. The summed E-state index contributed by atoms with van der Waals surface area (Å²) >= 11 is 0. The SMILES string of the molecule is OC1CCCC1CC1=CC=CC1. The molecule has 0 spiro atoms. The summed E-state index contributed by atoms with van der Waals surface area (Å²) in [5.74, 6) is 0.552. The molecular weight excluding hydrogens is 148 g/mol. The highest BCUT2D eigenvalue weighted by atomic mass is 16.3. The lowest BCUT2D eigenvalue weighted by Crippen LogP contribution is -2.13. The lowest BCUT2D eigenvalue weighted by Gasteiger charge is -2.14. The summed E-state index contributed by atoms with van der Waals surface area (Å²) in [6.07, 6.45) is 12.2. The van der Waals surface area contributed by atoms with Gasteiger partial charge in [-0.15, -0.1) is 0 Å². The van der Waals surface area contributed by atoms with Gasteiger partial charge in [-0.3, -0.25) is 0 Å². The number of aliphatic hydroxyl groups excluding tert-OH is 1. The van der Waals surface area contributed by atoms with Gasteiger partial charge in [0.1, 0.15) is 0 Å². The second-order valence-corrected chi connectivity index (χ2v) is 3.92. The monoisotopic (exact) mass is 164 g/mol. The van der Waals surface area contributed by atoms with Crippen LogP contribution in [0.5, 0.6) is 0 Å². The predicted molar refractivity (Wildman–Crippen MR) is 49.8 cm³/mol. The van der Waals surface area contributed by atoms with Gasteiger partial charge >= 0.3 is 0 Å². The van der Waals surface area contributed by atoms with Crippen molar-refractivity contribution in [1.82, 2.24) is 0 Å². The molecule has 0 aromatic carbocycles. The Balaban J connectivity index is 1.86. The lowest BCUT2D eigenvalue weighted by molar-refractivity contribution is 0.132. The Morgan fingerprint density at radius 3 is 2.92 bits per heavy atom. The van der Waals surface area contributed by atoms with E-state index in [0.29, 0.717) is 5.92 Å². The van der Waals surface area contributed by atoms with Crippen molar-refractivity contribution < 1.29 is 5.11 Å². The average Bonchev–Trinajstić information content (AvgIpc) is 2.65. The maximum Gasteiger partial charge on any atom is 0.0571 e. The van der Waals surface area contributed by atoms with Gasteiger partial charge in [0.25, 0.3) is 0 Å². The van der Waals surface area contributed by atoms with Crippen LogP contribution in [0.1, 0.15) is 32.1 Å². The summed E-state index contributed by atoms with van der Waals surface area (Å²) in [5, 5.41) is 9.60. The molecule has 1 fully saturated rings. The van der Waals surface area contributed by atoms with Crippen LogP contribution in [0.3, 0.4) is 0 Å². The first-order chi connectivity index (χ1) is 5.86. The predicted octanol–water partition coefficient (Wildman–Crippen LogP) is 2.42. The molecule has 0 aromatic heterocycles. The topological polar surface area (TPSA) is 20.2 Å². The summed E-state index contributed by atoms with van der Waals surface area (Å²) in [7, 11) is 0. The Bertz CT molecular complexity index is 215.